The molecule has 1 aromatic rings. The van der Waals surface area contributed by atoms with Crippen LogP contribution in [0.5, 0.6) is 0 Å². The maximum absolute atomic E-state index is 12.8. The summed E-state index contributed by atoms with van der Waals surface area (Å²) < 4.78 is 0. The second-order valence-corrected chi connectivity index (χ2v) is 8.82. The molecule has 8 nitrogen and oxygen atoms in total. The number of amides is 3. The lowest BCUT2D eigenvalue weighted by Crippen LogP contribution is -2.54. The van der Waals surface area contributed by atoms with Gasteiger partial charge in [-0.25, -0.2) is 0 Å². The summed E-state index contributed by atoms with van der Waals surface area (Å²) in [6, 6.07) is 6.06. The van der Waals surface area contributed by atoms with E-state index in [0.29, 0.717) is 19.6 Å². The fraction of sp³-hybridized carbons (Fsp3) is 0.545. The Morgan fingerprint density at radius 2 is 2.03 bits per heavy atom. The van der Waals surface area contributed by atoms with Gasteiger partial charge < -0.3 is 14.9 Å². The van der Waals surface area contributed by atoms with Crippen LogP contribution >= 0.6 is 11.6 Å². The van der Waals surface area contributed by atoms with Crippen LogP contribution in [0.4, 0.5) is 5.69 Å². The predicted molar refractivity (Wildman–Crippen MR) is 116 cm³/mol. The Balaban J connectivity index is 1.62. The third-order valence-corrected chi connectivity index (χ3v) is 6.63. The van der Waals surface area contributed by atoms with Gasteiger partial charge in [0.15, 0.2) is 0 Å². The number of carbonyl (C=O) groups excluding carboxylic acids is 3. The second-order valence-electron chi connectivity index (χ2n) is 8.42. The van der Waals surface area contributed by atoms with Gasteiger partial charge in [-0.3, -0.25) is 24.5 Å². The van der Waals surface area contributed by atoms with E-state index in [1.165, 1.54) is 0 Å². The van der Waals surface area contributed by atoms with E-state index < -0.39 is 29.6 Å². The van der Waals surface area contributed by atoms with Gasteiger partial charge in [0.05, 0.1) is 11.8 Å². The molecule has 3 rings (SSSR count). The summed E-state index contributed by atoms with van der Waals surface area (Å²) in [4.78, 5) is 51.9. The summed E-state index contributed by atoms with van der Waals surface area (Å²) in [5.74, 6) is -2.38. The quantitative estimate of drug-likeness (QED) is 0.618. The van der Waals surface area contributed by atoms with Crippen molar-refractivity contribution in [2.45, 2.75) is 52.0 Å². The van der Waals surface area contributed by atoms with Gasteiger partial charge in [0, 0.05) is 49.2 Å². The van der Waals surface area contributed by atoms with E-state index in [4.69, 9.17) is 11.6 Å². The first-order chi connectivity index (χ1) is 14.6. The molecule has 168 valence electrons. The van der Waals surface area contributed by atoms with Crippen LogP contribution in [0.25, 0.3) is 0 Å². The van der Waals surface area contributed by atoms with Crippen molar-refractivity contribution in [2.24, 2.45) is 5.41 Å². The van der Waals surface area contributed by atoms with Crippen LogP contribution in [0, 0.1) is 5.41 Å². The molecule has 9 heteroatoms. The van der Waals surface area contributed by atoms with Gasteiger partial charge in [-0.1, -0.05) is 18.5 Å². The van der Waals surface area contributed by atoms with Crippen LogP contribution in [-0.4, -0.2) is 59.4 Å². The Kier molecular flexibility index (Phi) is 6.89. The summed E-state index contributed by atoms with van der Waals surface area (Å²) in [6.45, 7) is 5.83. The first kappa shape index (κ1) is 23.1. The van der Waals surface area contributed by atoms with Crippen molar-refractivity contribution in [1.82, 2.24) is 10.2 Å². The molecule has 0 aliphatic carbocycles. The van der Waals surface area contributed by atoms with Crippen molar-refractivity contribution in [3.63, 3.8) is 0 Å². The van der Waals surface area contributed by atoms with Crippen molar-refractivity contribution in [2.75, 3.05) is 24.5 Å². The van der Waals surface area contributed by atoms with Gasteiger partial charge in [-0.15, -0.1) is 0 Å². The van der Waals surface area contributed by atoms with E-state index in [-0.39, 0.29) is 31.2 Å². The molecule has 2 N–H and O–H groups in total. The van der Waals surface area contributed by atoms with Crippen LogP contribution in [0.2, 0.25) is 5.02 Å². The highest BCUT2D eigenvalue weighted by Gasteiger charge is 2.48. The number of benzene rings is 1. The number of aryl methyl sites for hydroxylation is 1. The maximum atomic E-state index is 12.8. The minimum Gasteiger partial charge on any atom is -0.481 e. The minimum absolute atomic E-state index is 0.0294. The van der Waals surface area contributed by atoms with Gasteiger partial charge in [0.2, 0.25) is 17.7 Å². The summed E-state index contributed by atoms with van der Waals surface area (Å²) in [5, 5.41) is 12.1. The normalized spacial score (nSPS) is 23.8. The molecule has 0 aromatic heterocycles. The number of rotatable bonds is 7. The largest absolute Gasteiger partial charge is 0.481 e. The van der Waals surface area contributed by atoms with Crippen molar-refractivity contribution in [1.29, 1.82) is 0 Å². The molecular formula is C22H28ClN3O5. The van der Waals surface area contributed by atoms with Crippen molar-refractivity contribution < 1.29 is 24.3 Å². The average Bonchev–Trinajstić information content (AvgIpc) is 2.99. The standard InChI is InChI=1S/C22H28ClN3O5/c1-3-15-10-16(4-5-17(15)23)26-9-8-25(13-14(26)2)19(28)6-7-22(12-20(29)30)11-18(27)24-21(22)31/h4-5,10,14H,3,6-9,11-13H2,1-2H3,(H,29,30)(H,24,27,31)/t14-,22?/m0/s1. The Hall–Kier alpha value is -2.61. The third kappa shape index (κ3) is 5.01. The van der Waals surface area contributed by atoms with Crippen molar-refractivity contribution in [3.8, 4) is 0 Å². The summed E-state index contributed by atoms with van der Waals surface area (Å²) in [6.07, 6.45) is 0.265. The summed E-state index contributed by atoms with van der Waals surface area (Å²) >= 11 is 6.23. The van der Waals surface area contributed by atoms with Crippen LogP contribution in [-0.2, 0) is 25.6 Å². The van der Waals surface area contributed by atoms with Crippen LogP contribution < -0.4 is 10.2 Å². The molecule has 31 heavy (non-hydrogen) atoms. The number of nitrogens with zero attached hydrogens (tertiary/aromatic N) is 2. The number of nitrogens with one attached hydrogen (secondary N) is 1. The smallest absolute Gasteiger partial charge is 0.304 e. The van der Waals surface area contributed by atoms with Crippen LogP contribution in [0.15, 0.2) is 18.2 Å². The molecule has 0 bridgehead atoms. The number of piperazine rings is 1. The van der Waals surface area contributed by atoms with E-state index in [9.17, 15) is 24.3 Å². The number of aliphatic carboxylic acids is 1. The molecule has 0 spiro atoms. The molecule has 2 heterocycles. The predicted octanol–water partition coefficient (Wildman–Crippen LogP) is 2.23. The lowest BCUT2D eigenvalue weighted by molar-refractivity contribution is -0.145. The zero-order valence-electron chi connectivity index (χ0n) is 17.8. The summed E-state index contributed by atoms with van der Waals surface area (Å²) in [7, 11) is 0. The third-order valence-electron chi connectivity index (χ3n) is 6.26. The number of carboxylic acids is 1. The van der Waals surface area contributed by atoms with E-state index in [1.54, 1.807) is 4.90 Å². The number of hydrogen-bond acceptors (Lipinski definition) is 5. The molecule has 2 aliphatic heterocycles. The molecule has 1 aromatic carbocycles. The molecule has 2 atom stereocenters. The number of imide groups is 1. The molecule has 3 amide bonds. The number of halogens is 1. The molecule has 0 radical (unpaired) electrons. The van der Waals surface area contributed by atoms with Gasteiger partial charge in [0.25, 0.3) is 0 Å². The van der Waals surface area contributed by atoms with E-state index in [1.807, 2.05) is 12.1 Å². The number of hydrogen-bond donors (Lipinski definition) is 2. The van der Waals surface area contributed by atoms with Crippen molar-refractivity contribution >= 4 is 41.0 Å². The van der Waals surface area contributed by atoms with Gasteiger partial charge in [-0.05, 0) is 43.5 Å². The first-order valence-electron chi connectivity index (χ1n) is 10.5. The SMILES string of the molecule is CCc1cc(N2CCN(C(=O)CCC3(CC(=O)O)CC(=O)NC3=O)C[C@@H]2C)ccc1Cl. The highest BCUT2D eigenvalue weighted by molar-refractivity contribution is 6.31. The van der Waals surface area contributed by atoms with E-state index in [0.717, 1.165) is 22.7 Å². The second kappa shape index (κ2) is 9.26. The molecular weight excluding hydrogens is 422 g/mol. The number of carboxylic acid groups (broad SMARTS) is 1. The highest BCUT2D eigenvalue weighted by Crippen LogP contribution is 2.37. The summed E-state index contributed by atoms with van der Waals surface area (Å²) in [5.41, 5.74) is 0.812. The lowest BCUT2D eigenvalue weighted by Gasteiger charge is -2.41. The Labute approximate surface area is 186 Å². The van der Waals surface area contributed by atoms with Gasteiger partial charge >= 0.3 is 5.97 Å². The number of anilines is 1. The molecule has 2 aliphatic rings. The number of carbonyl (C=O) groups is 4. The fourth-order valence-corrected chi connectivity index (χ4v) is 4.75. The Bertz CT molecular complexity index is 905. The van der Waals surface area contributed by atoms with Gasteiger partial charge in [-0.2, -0.15) is 0 Å². The molecule has 0 saturated carbocycles. The van der Waals surface area contributed by atoms with Crippen LogP contribution in [0.3, 0.4) is 0 Å². The maximum Gasteiger partial charge on any atom is 0.304 e. The van der Waals surface area contributed by atoms with Crippen LogP contribution in [0.1, 0.15) is 45.1 Å². The minimum atomic E-state index is -1.34. The highest BCUT2D eigenvalue weighted by atomic mass is 35.5. The van der Waals surface area contributed by atoms with E-state index in [2.05, 4.69) is 30.1 Å². The average molecular weight is 450 g/mol. The molecule has 2 fully saturated rings. The Morgan fingerprint density at radius 1 is 1.29 bits per heavy atom. The topological polar surface area (TPSA) is 107 Å². The van der Waals surface area contributed by atoms with Gasteiger partial charge in [0.1, 0.15) is 0 Å². The first-order valence-corrected chi connectivity index (χ1v) is 10.9. The zero-order valence-corrected chi connectivity index (χ0v) is 18.6. The van der Waals surface area contributed by atoms with E-state index >= 15 is 0 Å². The monoisotopic (exact) mass is 449 g/mol. The van der Waals surface area contributed by atoms with Crippen molar-refractivity contribution in [3.05, 3.63) is 28.8 Å². The Morgan fingerprint density at radius 3 is 2.61 bits per heavy atom. The lowest BCUT2D eigenvalue weighted by atomic mass is 9.78. The molecule has 1 unspecified atom stereocenters. The molecule has 2 saturated heterocycles. The zero-order chi connectivity index (χ0) is 22.8. The fourth-order valence-electron chi connectivity index (χ4n) is 4.50.